The number of ether oxygens (including phenoxy) is 2. The molecule has 0 amide bonds. The maximum Gasteiger partial charge on any atom is 0.356 e. The lowest BCUT2D eigenvalue weighted by Gasteiger charge is -2.11. The van der Waals surface area contributed by atoms with E-state index in [9.17, 15) is 4.79 Å². The van der Waals surface area contributed by atoms with Gasteiger partial charge < -0.3 is 9.47 Å². The molecule has 86 valence electrons. The molecule has 0 radical (unpaired) electrons. The summed E-state index contributed by atoms with van der Waals surface area (Å²) in [5.41, 5.74) is 1.29. The Morgan fingerprint density at radius 1 is 1.62 bits per heavy atom. The number of hydrogen-bond donors (Lipinski definition) is 0. The van der Waals surface area contributed by atoms with Gasteiger partial charge in [-0.1, -0.05) is 6.07 Å². The first-order valence-corrected chi connectivity index (χ1v) is 5.88. The second kappa shape index (κ2) is 4.93. The van der Waals surface area contributed by atoms with Crippen molar-refractivity contribution in [3.63, 3.8) is 0 Å². The molecule has 2 heterocycles. The minimum absolute atomic E-state index is 0.0913. The molecule has 2 rings (SSSR count). The van der Waals surface area contributed by atoms with Gasteiger partial charge in [0.15, 0.2) is 0 Å². The Bertz CT molecular complexity index is 402. The van der Waals surface area contributed by atoms with Gasteiger partial charge in [-0.3, -0.25) is 0 Å². The predicted molar refractivity (Wildman–Crippen MR) is 61.2 cm³/mol. The SMILES string of the molecule is COC(=O)c1ccc(C2CCCO2)c(Br)n1. The Hall–Kier alpha value is -0.940. The number of aromatic nitrogens is 1. The van der Waals surface area contributed by atoms with E-state index in [1.165, 1.54) is 7.11 Å². The van der Waals surface area contributed by atoms with Crippen LogP contribution in [0.2, 0.25) is 0 Å². The molecule has 0 aromatic carbocycles. The van der Waals surface area contributed by atoms with Crippen LogP contribution in [-0.4, -0.2) is 24.7 Å². The summed E-state index contributed by atoms with van der Waals surface area (Å²) in [6, 6.07) is 3.52. The molecule has 1 atom stereocenters. The summed E-state index contributed by atoms with van der Waals surface area (Å²) in [5.74, 6) is -0.431. The summed E-state index contributed by atoms with van der Waals surface area (Å²) >= 11 is 3.36. The fraction of sp³-hybridized carbons (Fsp3) is 0.455. The summed E-state index contributed by atoms with van der Waals surface area (Å²) in [5, 5.41) is 0. The topological polar surface area (TPSA) is 48.4 Å². The molecule has 5 heteroatoms. The zero-order chi connectivity index (χ0) is 11.5. The van der Waals surface area contributed by atoms with Crippen LogP contribution in [-0.2, 0) is 9.47 Å². The molecule has 1 aliphatic rings. The number of carbonyl (C=O) groups is 1. The van der Waals surface area contributed by atoms with Gasteiger partial charge >= 0.3 is 5.97 Å². The highest BCUT2D eigenvalue weighted by atomic mass is 79.9. The number of esters is 1. The van der Waals surface area contributed by atoms with Crippen molar-refractivity contribution >= 4 is 21.9 Å². The van der Waals surface area contributed by atoms with Gasteiger partial charge in [-0.25, -0.2) is 9.78 Å². The molecule has 1 aromatic heterocycles. The number of nitrogens with zero attached hydrogens (tertiary/aromatic N) is 1. The maximum atomic E-state index is 11.3. The lowest BCUT2D eigenvalue weighted by atomic mass is 10.1. The van der Waals surface area contributed by atoms with E-state index >= 15 is 0 Å². The first-order chi connectivity index (χ1) is 7.72. The third-order valence-corrected chi connectivity index (χ3v) is 3.18. The van der Waals surface area contributed by atoms with Gasteiger partial charge in [-0.2, -0.15) is 0 Å². The van der Waals surface area contributed by atoms with Crippen LogP contribution < -0.4 is 0 Å². The van der Waals surface area contributed by atoms with Gasteiger partial charge in [0.05, 0.1) is 13.2 Å². The van der Waals surface area contributed by atoms with E-state index in [-0.39, 0.29) is 6.10 Å². The van der Waals surface area contributed by atoms with Crippen molar-refractivity contribution in [1.29, 1.82) is 0 Å². The Kier molecular flexibility index (Phi) is 3.56. The first kappa shape index (κ1) is 11.5. The number of carbonyl (C=O) groups excluding carboxylic acids is 1. The average Bonchev–Trinajstić information content (AvgIpc) is 2.81. The van der Waals surface area contributed by atoms with Crippen LogP contribution in [0.4, 0.5) is 0 Å². The number of halogens is 1. The van der Waals surface area contributed by atoms with Crippen molar-refractivity contribution in [2.75, 3.05) is 13.7 Å². The van der Waals surface area contributed by atoms with E-state index in [2.05, 4.69) is 25.7 Å². The minimum atomic E-state index is -0.431. The van der Waals surface area contributed by atoms with Crippen LogP contribution in [0.5, 0.6) is 0 Å². The van der Waals surface area contributed by atoms with Crippen LogP contribution in [0, 0.1) is 0 Å². The highest BCUT2D eigenvalue weighted by Crippen LogP contribution is 2.32. The molecule has 0 spiro atoms. The molecule has 1 saturated heterocycles. The number of methoxy groups -OCH3 is 1. The number of pyridine rings is 1. The van der Waals surface area contributed by atoms with E-state index in [1.54, 1.807) is 6.07 Å². The molecule has 16 heavy (non-hydrogen) atoms. The summed E-state index contributed by atoms with van der Waals surface area (Å²) in [6.45, 7) is 0.788. The normalized spacial score (nSPS) is 19.8. The summed E-state index contributed by atoms with van der Waals surface area (Å²) in [6.07, 6.45) is 2.15. The van der Waals surface area contributed by atoms with Crippen LogP contribution in [0.15, 0.2) is 16.7 Å². The summed E-state index contributed by atoms with van der Waals surface area (Å²) in [4.78, 5) is 15.4. The number of rotatable bonds is 2. The van der Waals surface area contributed by atoms with Crippen molar-refractivity contribution in [2.45, 2.75) is 18.9 Å². The Morgan fingerprint density at radius 3 is 3.00 bits per heavy atom. The van der Waals surface area contributed by atoms with Gasteiger partial charge in [-0.05, 0) is 34.8 Å². The van der Waals surface area contributed by atoms with Crippen molar-refractivity contribution in [2.24, 2.45) is 0 Å². The lowest BCUT2D eigenvalue weighted by Crippen LogP contribution is -2.07. The molecule has 1 aromatic rings. The Labute approximate surface area is 102 Å². The van der Waals surface area contributed by atoms with E-state index < -0.39 is 5.97 Å². The Morgan fingerprint density at radius 2 is 2.44 bits per heavy atom. The van der Waals surface area contributed by atoms with Crippen molar-refractivity contribution in [3.8, 4) is 0 Å². The summed E-state index contributed by atoms with van der Waals surface area (Å²) < 4.78 is 10.8. The Balaban J connectivity index is 2.25. The smallest absolute Gasteiger partial charge is 0.356 e. The first-order valence-electron chi connectivity index (χ1n) is 5.08. The molecule has 1 unspecified atom stereocenters. The fourth-order valence-electron chi connectivity index (χ4n) is 1.73. The lowest BCUT2D eigenvalue weighted by molar-refractivity contribution is 0.0593. The fourth-order valence-corrected chi connectivity index (χ4v) is 2.30. The average molecular weight is 286 g/mol. The van der Waals surface area contributed by atoms with Crippen LogP contribution in [0.25, 0.3) is 0 Å². The molecule has 0 aliphatic carbocycles. The van der Waals surface area contributed by atoms with Gasteiger partial charge in [-0.15, -0.1) is 0 Å². The predicted octanol–water partition coefficient (Wildman–Crippen LogP) is 2.48. The molecule has 0 bridgehead atoms. The van der Waals surface area contributed by atoms with E-state index in [0.29, 0.717) is 10.3 Å². The van der Waals surface area contributed by atoms with Crippen LogP contribution >= 0.6 is 15.9 Å². The summed E-state index contributed by atoms with van der Waals surface area (Å²) in [7, 11) is 1.34. The van der Waals surface area contributed by atoms with Crippen LogP contribution in [0.1, 0.15) is 35.0 Å². The molecule has 1 fully saturated rings. The molecule has 4 nitrogen and oxygen atoms in total. The van der Waals surface area contributed by atoms with Crippen molar-refractivity contribution in [3.05, 3.63) is 28.0 Å². The zero-order valence-electron chi connectivity index (χ0n) is 8.90. The second-order valence-corrected chi connectivity index (χ2v) is 4.32. The molecular formula is C11H12BrNO3. The van der Waals surface area contributed by atoms with Gasteiger partial charge in [0.2, 0.25) is 0 Å². The molecule has 1 aliphatic heterocycles. The second-order valence-electron chi connectivity index (χ2n) is 3.57. The third kappa shape index (κ3) is 2.25. The van der Waals surface area contributed by atoms with E-state index in [1.807, 2.05) is 6.07 Å². The number of hydrogen-bond acceptors (Lipinski definition) is 4. The molecular weight excluding hydrogens is 274 g/mol. The van der Waals surface area contributed by atoms with Crippen molar-refractivity contribution < 1.29 is 14.3 Å². The third-order valence-electron chi connectivity index (χ3n) is 2.55. The van der Waals surface area contributed by atoms with Gasteiger partial charge in [0, 0.05) is 12.2 Å². The quantitative estimate of drug-likeness (QED) is 0.619. The molecule has 0 saturated carbocycles. The maximum absolute atomic E-state index is 11.3. The largest absolute Gasteiger partial charge is 0.464 e. The minimum Gasteiger partial charge on any atom is -0.464 e. The highest BCUT2D eigenvalue weighted by molar-refractivity contribution is 9.10. The highest BCUT2D eigenvalue weighted by Gasteiger charge is 2.21. The van der Waals surface area contributed by atoms with E-state index in [0.717, 1.165) is 25.0 Å². The molecule has 0 N–H and O–H groups in total. The van der Waals surface area contributed by atoms with Gasteiger partial charge in [0.1, 0.15) is 10.3 Å². The van der Waals surface area contributed by atoms with E-state index in [4.69, 9.17) is 4.74 Å². The van der Waals surface area contributed by atoms with Crippen LogP contribution in [0.3, 0.4) is 0 Å². The zero-order valence-corrected chi connectivity index (χ0v) is 10.5. The van der Waals surface area contributed by atoms with Gasteiger partial charge in [0.25, 0.3) is 0 Å². The monoisotopic (exact) mass is 285 g/mol. The standard InChI is InChI=1S/C11H12BrNO3/c1-15-11(14)8-5-4-7(10(12)13-8)9-3-2-6-16-9/h4-5,9H,2-3,6H2,1H3. The van der Waals surface area contributed by atoms with Crippen molar-refractivity contribution in [1.82, 2.24) is 4.98 Å².